The van der Waals surface area contributed by atoms with Crippen molar-refractivity contribution in [2.24, 2.45) is 5.92 Å². The summed E-state index contributed by atoms with van der Waals surface area (Å²) in [5.41, 5.74) is 2.30. The Kier molecular flexibility index (Phi) is 14.4. The third-order valence-electron chi connectivity index (χ3n) is 7.50. The largest absolute Gasteiger partial charge is 0.494 e. The van der Waals surface area contributed by atoms with Gasteiger partial charge in [0.1, 0.15) is 16.9 Å². The molecule has 43 heavy (non-hydrogen) atoms. The Bertz CT molecular complexity index is 1270. The molecule has 0 heterocycles. The molecule has 0 saturated carbocycles. The van der Waals surface area contributed by atoms with Gasteiger partial charge in [-0.05, 0) is 65.9 Å². The van der Waals surface area contributed by atoms with Crippen LogP contribution in [0.25, 0.3) is 11.1 Å². The van der Waals surface area contributed by atoms with Crippen molar-refractivity contribution in [2.75, 3.05) is 13.7 Å². The number of rotatable bonds is 18. The van der Waals surface area contributed by atoms with E-state index in [1.165, 1.54) is 70.3 Å². The summed E-state index contributed by atoms with van der Waals surface area (Å²) in [5.74, 6) is 0.535. The van der Waals surface area contributed by atoms with Gasteiger partial charge in [0.15, 0.2) is 11.5 Å². The van der Waals surface area contributed by atoms with Gasteiger partial charge in [-0.15, -0.1) is 11.6 Å². The highest BCUT2D eigenvalue weighted by Gasteiger charge is 2.25. The lowest BCUT2D eigenvalue weighted by Crippen LogP contribution is -2.27. The van der Waals surface area contributed by atoms with Crippen molar-refractivity contribution >= 4 is 23.5 Å². The first kappa shape index (κ1) is 34.0. The van der Waals surface area contributed by atoms with Crippen LogP contribution in [0.5, 0.6) is 23.0 Å². The maximum atomic E-state index is 12.8. The summed E-state index contributed by atoms with van der Waals surface area (Å²) in [6.45, 7) is 6.82. The van der Waals surface area contributed by atoms with Crippen molar-refractivity contribution in [3.63, 3.8) is 0 Å². The van der Waals surface area contributed by atoms with Gasteiger partial charge >= 0.3 is 11.9 Å². The molecule has 0 aromatic heterocycles. The Hall–Kier alpha value is -3.51. The smallest absolute Gasteiger partial charge is 0.343 e. The van der Waals surface area contributed by atoms with Crippen LogP contribution in [0.2, 0.25) is 0 Å². The summed E-state index contributed by atoms with van der Waals surface area (Å²) in [7, 11) is 1.43. The molecule has 0 fully saturated rings. The van der Waals surface area contributed by atoms with Gasteiger partial charge in [-0.1, -0.05) is 96.4 Å². The Labute approximate surface area is 261 Å². The molecule has 0 aliphatic heterocycles. The van der Waals surface area contributed by atoms with Crippen LogP contribution < -0.4 is 18.9 Å². The summed E-state index contributed by atoms with van der Waals surface area (Å²) < 4.78 is 22.3. The van der Waals surface area contributed by atoms with E-state index in [0.717, 1.165) is 36.3 Å². The van der Waals surface area contributed by atoms with E-state index in [4.69, 9.17) is 30.5 Å². The Morgan fingerprint density at radius 1 is 0.721 bits per heavy atom. The molecule has 0 N–H and O–H groups in total. The molecular formula is C36H45ClO6. The summed E-state index contributed by atoms with van der Waals surface area (Å²) in [6.07, 6.45) is 11.0. The summed E-state index contributed by atoms with van der Waals surface area (Å²) in [5, 5.41) is -0.780. The van der Waals surface area contributed by atoms with Crippen LogP contribution in [0.1, 0.15) is 88.9 Å². The van der Waals surface area contributed by atoms with Crippen molar-refractivity contribution in [3.8, 4) is 34.1 Å². The molecule has 6 nitrogen and oxygen atoms in total. The third kappa shape index (κ3) is 10.9. The maximum Gasteiger partial charge on any atom is 0.343 e. The van der Waals surface area contributed by atoms with E-state index in [-0.39, 0.29) is 23.0 Å². The number of hydrogen-bond donors (Lipinski definition) is 0. The minimum Gasteiger partial charge on any atom is -0.494 e. The highest BCUT2D eigenvalue weighted by Crippen LogP contribution is 2.31. The summed E-state index contributed by atoms with van der Waals surface area (Å²) >= 11 is 6.21. The van der Waals surface area contributed by atoms with E-state index in [1.54, 1.807) is 12.1 Å². The number of alkyl halides is 1. The van der Waals surface area contributed by atoms with Gasteiger partial charge in [0, 0.05) is 0 Å². The highest BCUT2D eigenvalue weighted by atomic mass is 35.5. The molecule has 0 spiro atoms. The lowest BCUT2D eigenvalue weighted by Gasteiger charge is -2.16. The number of carbonyl (C=O) groups excluding carboxylic acids is 2. The van der Waals surface area contributed by atoms with Gasteiger partial charge in [-0.25, -0.2) is 4.79 Å². The van der Waals surface area contributed by atoms with Crippen LogP contribution in [0.3, 0.4) is 0 Å². The zero-order valence-electron chi connectivity index (χ0n) is 25.9. The fourth-order valence-electron chi connectivity index (χ4n) is 4.53. The topological polar surface area (TPSA) is 71.1 Å². The molecule has 2 atom stereocenters. The normalized spacial score (nSPS) is 12.3. The van der Waals surface area contributed by atoms with Crippen molar-refractivity contribution in [2.45, 2.75) is 83.9 Å². The van der Waals surface area contributed by atoms with Crippen LogP contribution in [0.4, 0.5) is 0 Å². The van der Waals surface area contributed by atoms with E-state index < -0.39 is 17.3 Å². The second-order valence-corrected chi connectivity index (χ2v) is 11.3. The van der Waals surface area contributed by atoms with E-state index in [1.807, 2.05) is 50.2 Å². The van der Waals surface area contributed by atoms with Gasteiger partial charge in [-0.3, -0.25) is 4.79 Å². The van der Waals surface area contributed by atoms with Crippen molar-refractivity contribution < 1.29 is 28.5 Å². The van der Waals surface area contributed by atoms with Crippen LogP contribution in [0.15, 0.2) is 66.7 Å². The highest BCUT2D eigenvalue weighted by molar-refractivity contribution is 6.30. The number of benzene rings is 3. The molecule has 3 rings (SSSR count). The van der Waals surface area contributed by atoms with Crippen LogP contribution in [-0.2, 0) is 4.79 Å². The Morgan fingerprint density at radius 3 is 1.88 bits per heavy atom. The van der Waals surface area contributed by atoms with Crippen molar-refractivity contribution in [1.82, 2.24) is 0 Å². The molecule has 0 unspecified atom stereocenters. The van der Waals surface area contributed by atoms with E-state index >= 15 is 0 Å². The van der Waals surface area contributed by atoms with Gasteiger partial charge in [-0.2, -0.15) is 0 Å². The second-order valence-electron chi connectivity index (χ2n) is 10.8. The van der Waals surface area contributed by atoms with Crippen molar-refractivity contribution in [1.29, 1.82) is 0 Å². The number of ether oxygens (including phenoxy) is 4. The van der Waals surface area contributed by atoms with E-state index in [9.17, 15) is 9.59 Å². The molecule has 7 heteroatoms. The van der Waals surface area contributed by atoms with Crippen LogP contribution >= 0.6 is 11.6 Å². The quantitative estimate of drug-likeness (QED) is 0.0619. The number of hydrogen-bond acceptors (Lipinski definition) is 6. The average molecular weight is 609 g/mol. The van der Waals surface area contributed by atoms with E-state index in [2.05, 4.69) is 6.92 Å². The first-order valence-corrected chi connectivity index (χ1v) is 15.9. The summed E-state index contributed by atoms with van der Waals surface area (Å²) in [6, 6.07) is 19.8. The minimum absolute atomic E-state index is 0.0384. The number of unbranched alkanes of at least 4 members (excludes halogenated alkanes) is 7. The number of methoxy groups -OCH3 is 1. The number of esters is 2. The minimum atomic E-state index is -0.780. The van der Waals surface area contributed by atoms with Gasteiger partial charge < -0.3 is 18.9 Å². The molecule has 0 saturated heterocycles. The molecule has 0 aliphatic carbocycles. The third-order valence-corrected chi connectivity index (χ3v) is 8.11. The zero-order chi connectivity index (χ0) is 31.0. The molecule has 3 aromatic carbocycles. The number of carbonyl (C=O) groups is 2. The average Bonchev–Trinajstić information content (AvgIpc) is 3.04. The zero-order valence-corrected chi connectivity index (χ0v) is 26.7. The lowest BCUT2D eigenvalue weighted by molar-refractivity contribution is -0.135. The molecule has 0 bridgehead atoms. The fraction of sp³-hybridized carbons (Fsp3) is 0.444. The van der Waals surface area contributed by atoms with Gasteiger partial charge in [0.2, 0.25) is 0 Å². The monoisotopic (exact) mass is 608 g/mol. The summed E-state index contributed by atoms with van der Waals surface area (Å²) in [4.78, 5) is 25.2. The van der Waals surface area contributed by atoms with Crippen molar-refractivity contribution in [3.05, 3.63) is 72.3 Å². The molecular weight excluding hydrogens is 564 g/mol. The molecule has 0 radical (unpaired) electrons. The molecule has 0 aliphatic rings. The predicted molar refractivity (Wildman–Crippen MR) is 173 cm³/mol. The van der Waals surface area contributed by atoms with Crippen LogP contribution in [0, 0.1) is 5.92 Å². The Morgan fingerprint density at radius 2 is 1.30 bits per heavy atom. The molecule has 0 amide bonds. The Balaban J connectivity index is 1.49. The lowest BCUT2D eigenvalue weighted by atomic mass is 10.1. The van der Waals surface area contributed by atoms with Gasteiger partial charge in [0.05, 0.1) is 19.3 Å². The van der Waals surface area contributed by atoms with Crippen LogP contribution in [-0.4, -0.2) is 31.0 Å². The first-order chi connectivity index (χ1) is 20.9. The number of halogens is 1. The standard InChI is InChI=1S/C36H45ClO6/c1-5-7-8-9-10-11-12-13-24-41-30-19-14-27(15-20-30)28-16-21-31(22-17-28)42-35(38)29-18-23-32(33(25-29)40-4)43-36(39)34(37)26(3)6-2/h14-23,25-26,34H,5-13,24H2,1-4H3/t26-,34-/m0/s1. The fourth-order valence-corrected chi connectivity index (χ4v) is 4.76. The molecule has 3 aromatic rings. The second kappa shape index (κ2) is 18.2. The molecule has 232 valence electrons. The van der Waals surface area contributed by atoms with E-state index in [0.29, 0.717) is 5.75 Å². The SMILES string of the molecule is CCCCCCCCCCOc1ccc(-c2ccc(OC(=O)c3ccc(OC(=O)[C@@H](Cl)[C@@H](C)CC)c(OC)c3)cc2)cc1. The maximum absolute atomic E-state index is 12.8. The first-order valence-electron chi connectivity index (χ1n) is 15.5. The predicted octanol–water partition coefficient (Wildman–Crippen LogP) is 9.66. The van der Waals surface area contributed by atoms with Gasteiger partial charge in [0.25, 0.3) is 0 Å².